The molecule has 1 fully saturated rings. The summed E-state index contributed by atoms with van der Waals surface area (Å²) in [7, 11) is 1.59. The van der Waals surface area contributed by atoms with E-state index >= 15 is 0 Å². The van der Waals surface area contributed by atoms with Crippen LogP contribution in [-0.2, 0) is 10.2 Å². The highest BCUT2D eigenvalue weighted by Crippen LogP contribution is 2.50. The number of nitrogens with zero attached hydrogens (tertiary/aromatic N) is 1. The van der Waals surface area contributed by atoms with E-state index in [1.165, 1.54) is 0 Å². The van der Waals surface area contributed by atoms with Gasteiger partial charge in [-0.05, 0) is 37.8 Å². The van der Waals surface area contributed by atoms with Crippen molar-refractivity contribution in [2.45, 2.75) is 31.1 Å². The first-order valence-electron chi connectivity index (χ1n) is 7.57. The molecule has 5 heteroatoms. The van der Waals surface area contributed by atoms with Crippen molar-refractivity contribution in [3.8, 4) is 23.3 Å². The first-order valence-corrected chi connectivity index (χ1v) is 7.57. The zero-order valence-electron chi connectivity index (χ0n) is 12.6. The summed E-state index contributed by atoms with van der Waals surface area (Å²) in [6, 6.07) is 6.20. The van der Waals surface area contributed by atoms with Crippen molar-refractivity contribution in [2.75, 3.05) is 20.3 Å². The highest BCUT2D eigenvalue weighted by atomic mass is 16.6. The fourth-order valence-corrected chi connectivity index (χ4v) is 3.36. The zero-order chi connectivity index (χ0) is 15.6. The molecule has 1 saturated carbocycles. The third kappa shape index (κ3) is 2.29. The molecule has 5 nitrogen and oxygen atoms in total. The van der Waals surface area contributed by atoms with Gasteiger partial charge in [0, 0.05) is 11.5 Å². The van der Waals surface area contributed by atoms with Crippen LogP contribution in [0.2, 0.25) is 0 Å². The molecular weight excluding hydrogens is 282 g/mol. The molecule has 22 heavy (non-hydrogen) atoms. The van der Waals surface area contributed by atoms with Crippen LogP contribution in [0, 0.1) is 17.2 Å². The number of hydrogen-bond acceptors (Lipinski definition) is 5. The van der Waals surface area contributed by atoms with Gasteiger partial charge in [0.2, 0.25) is 5.75 Å². The first kappa shape index (κ1) is 14.7. The molecule has 3 rings (SSSR count). The molecule has 1 aromatic carbocycles. The first-order chi connectivity index (χ1) is 10.7. The van der Waals surface area contributed by atoms with Crippen LogP contribution in [0.1, 0.15) is 31.2 Å². The van der Waals surface area contributed by atoms with Crippen LogP contribution in [0.4, 0.5) is 0 Å². The molecule has 0 N–H and O–H groups in total. The maximum absolute atomic E-state index is 11.0. The number of methoxy groups -OCH3 is 1. The minimum Gasteiger partial charge on any atom is -0.493 e. The molecule has 1 heterocycles. The Labute approximate surface area is 129 Å². The smallest absolute Gasteiger partial charge is 0.204 e. The fraction of sp³-hybridized carbons (Fsp3) is 0.529. The second kappa shape index (κ2) is 5.88. The van der Waals surface area contributed by atoms with E-state index in [1.54, 1.807) is 7.11 Å². The van der Waals surface area contributed by atoms with Crippen LogP contribution in [0.3, 0.4) is 0 Å². The van der Waals surface area contributed by atoms with Crippen molar-refractivity contribution >= 4 is 6.29 Å². The molecule has 1 aliphatic heterocycles. The number of hydrogen-bond donors (Lipinski definition) is 0. The molecule has 0 unspecified atom stereocenters. The molecule has 116 valence electrons. The lowest BCUT2D eigenvalue weighted by molar-refractivity contribution is -0.112. The lowest BCUT2D eigenvalue weighted by Gasteiger charge is -2.36. The normalized spacial score (nSPS) is 26.8. The lowest BCUT2D eigenvalue weighted by atomic mass is 9.67. The van der Waals surface area contributed by atoms with E-state index in [2.05, 4.69) is 6.07 Å². The van der Waals surface area contributed by atoms with Crippen molar-refractivity contribution in [2.24, 2.45) is 5.92 Å². The van der Waals surface area contributed by atoms with Gasteiger partial charge in [-0.3, -0.25) is 0 Å². The van der Waals surface area contributed by atoms with Gasteiger partial charge in [0.15, 0.2) is 11.5 Å². The molecule has 2 aliphatic rings. The van der Waals surface area contributed by atoms with Crippen molar-refractivity contribution in [3.05, 3.63) is 17.7 Å². The number of carbonyl (C=O) groups is 1. The van der Waals surface area contributed by atoms with Gasteiger partial charge < -0.3 is 19.0 Å². The van der Waals surface area contributed by atoms with E-state index in [1.807, 2.05) is 12.1 Å². The Morgan fingerprint density at radius 3 is 2.55 bits per heavy atom. The maximum Gasteiger partial charge on any atom is 0.204 e. The number of benzene rings is 1. The average molecular weight is 301 g/mol. The van der Waals surface area contributed by atoms with E-state index in [4.69, 9.17) is 14.2 Å². The second-order valence-electron chi connectivity index (χ2n) is 5.84. The van der Waals surface area contributed by atoms with Gasteiger partial charge in [0.1, 0.15) is 19.5 Å². The molecule has 1 aliphatic carbocycles. The number of aldehydes is 1. The van der Waals surface area contributed by atoms with E-state index in [9.17, 15) is 10.1 Å². The van der Waals surface area contributed by atoms with Crippen LogP contribution < -0.4 is 14.2 Å². The van der Waals surface area contributed by atoms with Gasteiger partial charge >= 0.3 is 0 Å². The van der Waals surface area contributed by atoms with Gasteiger partial charge in [-0.1, -0.05) is 0 Å². The molecule has 0 aromatic heterocycles. The van der Waals surface area contributed by atoms with E-state index in [0.29, 0.717) is 43.3 Å². The molecule has 0 amide bonds. The van der Waals surface area contributed by atoms with Crippen LogP contribution in [0.25, 0.3) is 0 Å². The molecule has 0 atom stereocenters. The van der Waals surface area contributed by atoms with Crippen LogP contribution in [0.5, 0.6) is 17.2 Å². The van der Waals surface area contributed by atoms with E-state index < -0.39 is 5.41 Å². The largest absolute Gasteiger partial charge is 0.493 e. The molecule has 0 spiro atoms. The van der Waals surface area contributed by atoms with Crippen molar-refractivity contribution in [1.82, 2.24) is 0 Å². The number of fused-ring (bicyclic) bond motifs is 1. The summed E-state index contributed by atoms with van der Waals surface area (Å²) in [5.41, 5.74) is 0.242. The predicted molar refractivity (Wildman–Crippen MR) is 79.3 cm³/mol. The van der Waals surface area contributed by atoms with Gasteiger partial charge in [-0.25, -0.2) is 0 Å². The Balaban J connectivity index is 2.03. The Hall–Kier alpha value is -2.22. The number of nitriles is 1. The summed E-state index contributed by atoms with van der Waals surface area (Å²) in [4.78, 5) is 11.0. The summed E-state index contributed by atoms with van der Waals surface area (Å²) >= 11 is 0. The summed E-state index contributed by atoms with van der Waals surface area (Å²) in [6.45, 7) is 0.936. The van der Waals surface area contributed by atoms with Crippen LogP contribution >= 0.6 is 0 Å². The van der Waals surface area contributed by atoms with Gasteiger partial charge in [0.25, 0.3) is 0 Å². The van der Waals surface area contributed by atoms with Crippen LogP contribution in [0.15, 0.2) is 12.1 Å². The van der Waals surface area contributed by atoms with Gasteiger partial charge in [-0.2, -0.15) is 5.26 Å². The number of ether oxygens (including phenoxy) is 3. The third-order valence-electron chi connectivity index (χ3n) is 4.68. The summed E-state index contributed by atoms with van der Waals surface area (Å²) in [6.07, 6.45) is 3.80. The van der Waals surface area contributed by atoms with Gasteiger partial charge in [-0.15, -0.1) is 0 Å². The minimum absolute atomic E-state index is 0.0627. The summed E-state index contributed by atoms with van der Waals surface area (Å²) in [5.74, 6) is 1.89. The maximum atomic E-state index is 11.0. The van der Waals surface area contributed by atoms with E-state index in [0.717, 1.165) is 24.7 Å². The van der Waals surface area contributed by atoms with Crippen molar-refractivity contribution in [1.29, 1.82) is 5.26 Å². The number of carbonyl (C=O) groups excluding carboxylic acids is 1. The average Bonchev–Trinajstić information content (AvgIpc) is 2.61. The topological polar surface area (TPSA) is 68.5 Å². The second-order valence-corrected chi connectivity index (χ2v) is 5.84. The van der Waals surface area contributed by atoms with Gasteiger partial charge in [0.05, 0.1) is 18.6 Å². The Morgan fingerprint density at radius 2 is 1.95 bits per heavy atom. The molecule has 0 bridgehead atoms. The molecule has 1 aromatic rings. The quantitative estimate of drug-likeness (QED) is 0.803. The third-order valence-corrected chi connectivity index (χ3v) is 4.68. The lowest BCUT2D eigenvalue weighted by Crippen LogP contribution is -2.32. The SMILES string of the molecule is COc1ccc([C@]2(C#N)CC[C@@H](C=O)CC2)c2c1OCCO2. The zero-order valence-corrected chi connectivity index (χ0v) is 12.6. The summed E-state index contributed by atoms with van der Waals surface area (Å²) < 4.78 is 16.8. The van der Waals surface area contributed by atoms with Crippen LogP contribution in [-0.4, -0.2) is 26.6 Å². The van der Waals surface area contributed by atoms with E-state index in [-0.39, 0.29) is 5.92 Å². The monoisotopic (exact) mass is 301 g/mol. The fourth-order valence-electron chi connectivity index (χ4n) is 3.36. The minimum atomic E-state index is -0.615. The molecule has 0 radical (unpaired) electrons. The highest BCUT2D eigenvalue weighted by molar-refractivity contribution is 5.61. The summed E-state index contributed by atoms with van der Waals surface area (Å²) in [5, 5.41) is 9.82. The number of rotatable bonds is 3. The predicted octanol–water partition coefficient (Wildman–Crippen LogP) is 2.62. The Kier molecular flexibility index (Phi) is 3.93. The van der Waals surface area contributed by atoms with Crippen molar-refractivity contribution < 1.29 is 19.0 Å². The molecule has 0 saturated heterocycles. The Bertz CT molecular complexity index is 612. The Morgan fingerprint density at radius 1 is 1.27 bits per heavy atom. The standard InChI is InChI=1S/C17H19NO4/c1-20-14-3-2-13(15-16(14)22-9-8-21-15)17(11-18)6-4-12(10-19)5-7-17/h2-3,10,12H,4-9H2,1H3/t12-,17-. The highest BCUT2D eigenvalue weighted by Gasteiger charge is 2.41. The van der Waals surface area contributed by atoms with Crippen molar-refractivity contribution in [3.63, 3.8) is 0 Å². The molecular formula is C17H19NO4.